The highest BCUT2D eigenvalue weighted by Crippen LogP contribution is 2.41. The smallest absolute Gasteiger partial charge is 0.355 e. The van der Waals surface area contributed by atoms with Gasteiger partial charge < -0.3 is 5.32 Å². The van der Waals surface area contributed by atoms with E-state index in [0.29, 0.717) is 39.1 Å². The van der Waals surface area contributed by atoms with E-state index in [1.807, 2.05) is 6.92 Å². The molecule has 2 saturated carbocycles. The molecule has 2 aliphatic rings. The first kappa shape index (κ1) is 19.4. The summed E-state index contributed by atoms with van der Waals surface area (Å²) in [7, 11) is 0. The standard InChI is InChI=1S/C22H22ClN5O/c1-3-5-18(17(23)4-2)28-21-16(10-15(11-24)19(26-21)14-8-9-14)20(27-22(28)29)25-12-13-6-7-13/h3-5,10,13-14H,2,6-9,12H2,1H3,(H,25,27,29)/b5-3-,18-17-. The zero-order chi connectivity index (χ0) is 20.5. The number of hydrogen-bond donors (Lipinski definition) is 1. The van der Waals surface area contributed by atoms with E-state index in [-0.39, 0.29) is 5.92 Å². The Bertz CT molecular complexity index is 1150. The largest absolute Gasteiger partial charge is 0.369 e. The Balaban J connectivity index is 2.02. The van der Waals surface area contributed by atoms with Crippen molar-refractivity contribution in [2.75, 3.05) is 11.9 Å². The van der Waals surface area contributed by atoms with Crippen LogP contribution in [0.5, 0.6) is 0 Å². The van der Waals surface area contributed by atoms with Gasteiger partial charge in [-0.05, 0) is 56.7 Å². The number of aromatic nitrogens is 3. The summed E-state index contributed by atoms with van der Waals surface area (Å²) in [6.45, 7) is 6.32. The van der Waals surface area contributed by atoms with Crippen LogP contribution in [0, 0.1) is 17.2 Å². The predicted molar refractivity (Wildman–Crippen MR) is 116 cm³/mol. The van der Waals surface area contributed by atoms with E-state index < -0.39 is 5.69 Å². The highest BCUT2D eigenvalue weighted by atomic mass is 35.5. The number of nitrogens with one attached hydrogen (secondary N) is 1. The average molecular weight is 408 g/mol. The summed E-state index contributed by atoms with van der Waals surface area (Å²) in [4.78, 5) is 22.1. The van der Waals surface area contributed by atoms with Gasteiger partial charge in [0.05, 0.1) is 27.4 Å². The first-order chi connectivity index (χ1) is 14.1. The number of fused-ring (bicyclic) bond motifs is 1. The summed E-state index contributed by atoms with van der Waals surface area (Å²) in [5.41, 5.74) is 1.72. The van der Waals surface area contributed by atoms with Gasteiger partial charge in [0.2, 0.25) is 0 Å². The lowest BCUT2D eigenvalue weighted by molar-refractivity contribution is 0.873. The number of anilines is 1. The van der Waals surface area contributed by atoms with Gasteiger partial charge in [-0.25, -0.2) is 14.3 Å². The molecule has 0 radical (unpaired) electrons. The van der Waals surface area contributed by atoms with Crippen molar-refractivity contribution in [3.05, 3.63) is 57.6 Å². The number of nitriles is 1. The summed E-state index contributed by atoms with van der Waals surface area (Å²) in [5.74, 6) is 1.34. The topological polar surface area (TPSA) is 83.6 Å². The molecule has 0 aromatic carbocycles. The second kappa shape index (κ2) is 7.84. The summed E-state index contributed by atoms with van der Waals surface area (Å²) in [5, 5.41) is 13.9. The number of pyridine rings is 1. The fourth-order valence-corrected chi connectivity index (χ4v) is 3.50. The number of hydrogen-bond acceptors (Lipinski definition) is 5. The van der Waals surface area contributed by atoms with Gasteiger partial charge in [-0.3, -0.25) is 0 Å². The molecule has 0 unspecified atom stereocenters. The molecule has 0 saturated heterocycles. The molecule has 2 fully saturated rings. The minimum atomic E-state index is -0.470. The fourth-order valence-electron chi connectivity index (χ4n) is 3.35. The van der Waals surface area contributed by atoms with Crippen molar-refractivity contribution in [2.45, 2.75) is 38.5 Å². The lowest BCUT2D eigenvalue weighted by atomic mass is 10.1. The Morgan fingerprint density at radius 3 is 2.76 bits per heavy atom. The Kier molecular flexibility index (Phi) is 5.25. The third-order valence-electron chi connectivity index (χ3n) is 5.23. The zero-order valence-electron chi connectivity index (χ0n) is 16.3. The van der Waals surface area contributed by atoms with Crippen molar-refractivity contribution in [3.63, 3.8) is 0 Å². The Morgan fingerprint density at radius 1 is 1.41 bits per heavy atom. The van der Waals surface area contributed by atoms with Gasteiger partial charge in [0.1, 0.15) is 11.9 Å². The molecular weight excluding hydrogens is 386 g/mol. The SMILES string of the molecule is C=C/C(Cl)=C(\C=C/C)n1c(=O)nc(NCC2CC2)c2cc(C#N)c(C3CC3)nc21. The van der Waals surface area contributed by atoms with Gasteiger partial charge >= 0.3 is 5.69 Å². The van der Waals surface area contributed by atoms with Gasteiger partial charge in [0, 0.05) is 12.5 Å². The van der Waals surface area contributed by atoms with Crippen LogP contribution in [0.1, 0.15) is 49.8 Å². The van der Waals surface area contributed by atoms with Crippen molar-refractivity contribution in [1.82, 2.24) is 14.5 Å². The van der Waals surface area contributed by atoms with E-state index >= 15 is 0 Å². The molecule has 6 nitrogen and oxygen atoms in total. The van der Waals surface area contributed by atoms with E-state index in [9.17, 15) is 10.1 Å². The van der Waals surface area contributed by atoms with Gasteiger partial charge in [-0.1, -0.05) is 24.3 Å². The van der Waals surface area contributed by atoms with Gasteiger partial charge in [0.15, 0.2) is 5.65 Å². The first-order valence-electron chi connectivity index (χ1n) is 9.84. The summed E-state index contributed by atoms with van der Waals surface area (Å²) >= 11 is 6.37. The van der Waals surface area contributed by atoms with Gasteiger partial charge in [-0.2, -0.15) is 10.2 Å². The Morgan fingerprint density at radius 2 is 2.17 bits per heavy atom. The molecule has 0 bridgehead atoms. The third kappa shape index (κ3) is 3.83. The van der Waals surface area contributed by atoms with Crippen molar-refractivity contribution in [2.24, 2.45) is 5.92 Å². The van der Waals surface area contributed by atoms with Crippen LogP contribution in [0.25, 0.3) is 16.7 Å². The Hall–Kier alpha value is -2.91. The number of rotatable bonds is 7. The molecular formula is C22H22ClN5O. The van der Waals surface area contributed by atoms with Crippen molar-refractivity contribution >= 4 is 34.1 Å². The van der Waals surface area contributed by atoms with E-state index in [1.54, 1.807) is 18.2 Å². The maximum absolute atomic E-state index is 13.0. The molecule has 148 valence electrons. The molecule has 2 aliphatic carbocycles. The van der Waals surface area contributed by atoms with Crippen LogP contribution in [-0.4, -0.2) is 21.1 Å². The Labute approximate surface area is 174 Å². The zero-order valence-corrected chi connectivity index (χ0v) is 17.0. The lowest BCUT2D eigenvalue weighted by Gasteiger charge is -2.16. The normalized spacial score (nSPS) is 17.3. The van der Waals surface area contributed by atoms with Crippen molar-refractivity contribution in [3.8, 4) is 6.07 Å². The number of allylic oxidation sites excluding steroid dienone is 5. The quantitative estimate of drug-likeness (QED) is 0.681. The van der Waals surface area contributed by atoms with E-state index in [2.05, 4.69) is 22.9 Å². The van der Waals surface area contributed by atoms with Crippen LogP contribution in [0.15, 0.2) is 40.7 Å². The van der Waals surface area contributed by atoms with Crippen LogP contribution in [0.2, 0.25) is 0 Å². The molecule has 2 aromatic heterocycles. The molecule has 29 heavy (non-hydrogen) atoms. The van der Waals surface area contributed by atoms with Crippen LogP contribution in [0.3, 0.4) is 0 Å². The van der Waals surface area contributed by atoms with Crippen LogP contribution < -0.4 is 11.0 Å². The summed E-state index contributed by atoms with van der Waals surface area (Å²) < 4.78 is 1.41. The van der Waals surface area contributed by atoms with E-state index in [1.165, 1.54) is 23.5 Å². The van der Waals surface area contributed by atoms with Crippen LogP contribution >= 0.6 is 11.6 Å². The van der Waals surface area contributed by atoms with Gasteiger partial charge in [0.25, 0.3) is 0 Å². The van der Waals surface area contributed by atoms with Crippen molar-refractivity contribution in [1.29, 1.82) is 5.26 Å². The third-order valence-corrected chi connectivity index (χ3v) is 5.57. The second-order valence-electron chi connectivity index (χ2n) is 7.52. The molecule has 2 aromatic rings. The molecule has 7 heteroatoms. The maximum Gasteiger partial charge on any atom is 0.355 e. The van der Waals surface area contributed by atoms with Crippen LogP contribution in [0.4, 0.5) is 5.82 Å². The van der Waals surface area contributed by atoms with Crippen LogP contribution in [-0.2, 0) is 0 Å². The first-order valence-corrected chi connectivity index (χ1v) is 10.2. The van der Waals surface area contributed by atoms with Crippen molar-refractivity contribution < 1.29 is 0 Å². The number of nitrogens with zero attached hydrogens (tertiary/aromatic N) is 4. The molecule has 0 aliphatic heterocycles. The minimum absolute atomic E-state index is 0.262. The fraction of sp³-hybridized carbons (Fsp3) is 0.364. The molecule has 4 rings (SSSR count). The average Bonchev–Trinajstić information content (AvgIpc) is 3.63. The second-order valence-corrected chi connectivity index (χ2v) is 7.93. The highest BCUT2D eigenvalue weighted by molar-refractivity contribution is 6.34. The number of halogens is 1. The maximum atomic E-state index is 13.0. The minimum Gasteiger partial charge on any atom is -0.369 e. The molecule has 0 atom stereocenters. The monoisotopic (exact) mass is 407 g/mol. The van der Waals surface area contributed by atoms with E-state index in [4.69, 9.17) is 16.6 Å². The predicted octanol–water partition coefficient (Wildman–Crippen LogP) is 4.53. The summed E-state index contributed by atoms with van der Waals surface area (Å²) in [6.07, 6.45) is 9.38. The molecule has 1 N–H and O–H groups in total. The molecule has 0 amide bonds. The lowest BCUT2D eigenvalue weighted by Crippen LogP contribution is -2.26. The van der Waals surface area contributed by atoms with E-state index in [0.717, 1.165) is 25.1 Å². The van der Waals surface area contributed by atoms with Gasteiger partial charge in [-0.15, -0.1) is 0 Å². The summed E-state index contributed by atoms with van der Waals surface area (Å²) in [6, 6.07) is 4.06. The highest BCUT2D eigenvalue weighted by Gasteiger charge is 2.30. The molecule has 0 spiro atoms. The molecule has 2 heterocycles.